The van der Waals surface area contributed by atoms with Crippen LogP contribution >= 0.6 is 15.9 Å². The van der Waals surface area contributed by atoms with E-state index in [0.29, 0.717) is 0 Å². The normalized spacial score (nSPS) is 10.4. The van der Waals surface area contributed by atoms with Crippen molar-refractivity contribution in [2.75, 3.05) is 11.9 Å². The van der Waals surface area contributed by atoms with Crippen LogP contribution in [-0.4, -0.2) is 12.0 Å². The molecule has 18 heavy (non-hydrogen) atoms. The molecule has 0 saturated heterocycles. The molecule has 0 fully saturated rings. The Hall–Kier alpha value is -1.35. The Morgan fingerprint density at radius 1 is 1.11 bits per heavy atom. The molecule has 2 aromatic rings. The van der Waals surface area contributed by atoms with Crippen LogP contribution < -0.4 is 4.90 Å². The van der Waals surface area contributed by atoms with Crippen molar-refractivity contribution >= 4 is 21.7 Å². The van der Waals surface area contributed by atoms with Crippen LogP contribution in [0.4, 0.5) is 5.82 Å². The predicted molar refractivity (Wildman–Crippen MR) is 80.0 cm³/mol. The van der Waals surface area contributed by atoms with Gasteiger partial charge in [-0.2, -0.15) is 0 Å². The number of benzene rings is 1. The fourth-order valence-corrected chi connectivity index (χ4v) is 2.45. The Morgan fingerprint density at radius 2 is 1.83 bits per heavy atom. The van der Waals surface area contributed by atoms with Gasteiger partial charge >= 0.3 is 0 Å². The van der Waals surface area contributed by atoms with E-state index in [4.69, 9.17) is 0 Å². The molecule has 0 radical (unpaired) electrons. The van der Waals surface area contributed by atoms with Gasteiger partial charge in [-0.25, -0.2) is 4.98 Å². The lowest BCUT2D eigenvalue weighted by molar-refractivity contribution is 0.885. The molecule has 3 heteroatoms. The largest absolute Gasteiger partial charge is 0.354 e. The third-order valence-electron chi connectivity index (χ3n) is 3.09. The van der Waals surface area contributed by atoms with Crippen LogP contribution in [0, 0.1) is 13.8 Å². The van der Waals surface area contributed by atoms with Crippen LogP contribution in [0.15, 0.2) is 41.0 Å². The summed E-state index contributed by atoms with van der Waals surface area (Å²) in [4.78, 5) is 6.61. The van der Waals surface area contributed by atoms with Crippen LogP contribution in [0.5, 0.6) is 0 Å². The molecular weight excluding hydrogens is 288 g/mol. The third-order valence-corrected chi connectivity index (χ3v) is 4.07. The summed E-state index contributed by atoms with van der Waals surface area (Å²) in [5, 5.41) is 0. The highest BCUT2D eigenvalue weighted by atomic mass is 79.9. The number of aromatic nitrogens is 1. The molecule has 0 bridgehead atoms. The monoisotopic (exact) mass is 304 g/mol. The van der Waals surface area contributed by atoms with Gasteiger partial charge < -0.3 is 4.90 Å². The minimum Gasteiger partial charge on any atom is -0.354 e. The number of nitrogens with zero attached hydrogens (tertiary/aromatic N) is 2. The molecule has 0 amide bonds. The first-order valence-electron chi connectivity index (χ1n) is 5.96. The maximum Gasteiger partial charge on any atom is 0.143 e. The van der Waals surface area contributed by atoms with Crippen molar-refractivity contribution in [2.24, 2.45) is 0 Å². The summed E-state index contributed by atoms with van der Waals surface area (Å²) in [5.74, 6) is 0.984. The van der Waals surface area contributed by atoms with Crippen molar-refractivity contribution in [1.29, 1.82) is 0 Å². The van der Waals surface area contributed by atoms with Gasteiger partial charge in [-0.15, -0.1) is 0 Å². The molecule has 0 atom stereocenters. The van der Waals surface area contributed by atoms with Crippen LogP contribution in [0.1, 0.15) is 16.7 Å². The summed E-state index contributed by atoms with van der Waals surface area (Å²) in [6.07, 6.45) is 1.85. The van der Waals surface area contributed by atoms with Crippen LogP contribution in [0.2, 0.25) is 0 Å². The van der Waals surface area contributed by atoms with Gasteiger partial charge in [-0.1, -0.05) is 24.3 Å². The van der Waals surface area contributed by atoms with Crippen molar-refractivity contribution in [3.8, 4) is 0 Å². The molecule has 0 aliphatic rings. The number of hydrogen-bond donors (Lipinski definition) is 0. The summed E-state index contributed by atoms with van der Waals surface area (Å²) < 4.78 is 1.07. The predicted octanol–water partition coefficient (Wildman–Crippen LogP) is 4.10. The van der Waals surface area contributed by atoms with Crippen LogP contribution in [-0.2, 0) is 6.54 Å². The first kappa shape index (κ1) is 13.1. The second kappa shape index (κ2) is 5.53. The minimum absolute atomic E-state index is 0.863. The van der Waals surface area contributed by atoms with Gasteiger partial charge in [0.05, 0.1) is 4.47 Å². The lowest BCUT2D eigenvalue weighted by Crippen LogP contribution is -2.19. The van der Waals surface area contributed by atoms with E-state index in [9.17, 15) is 0 Å². The van der Waals surface area contributed by atoms with E-state index < -0.39 is 0 Å². The van der Waals surface area contributed by atoms with Gasteiger partial charge in [0.1, 0.15) is 5.82 Å². The zero-order valence-corrected chi connectivity index (χ0v) is 12.5. The molecule has 0 saturated carbocycles. The van der Waals surface area contributed by atoms with Crippen LogP contribution in [0.25, 0.3) is 0 Å². The van der Waals surface area contributed by atoms with E-state index in [2.05, 4.69) is 71.0 Å². The molecule has 0 aliphatic heterocycles. The Kier molecular flexibility index (Phi) is 4.02. The molecule has 1 aromatic heterocycles. The van der Waals surface area contributed by atoms with Crippen molar-refractivity contribution in [3.05, 3.63) is 57.7 Å². The molecule has 2 nitrogen and oxygen atoms in total. The van der Waals surface area contributed by atoms with E-state index in [1.165, 1.54) is 16.7 Å². The lowest BCUT2D eigenvalue weighted by atomic mass is 10.1. The molecule has 0 spiro atoms. The fraction of sp³-hybridized carbons (Fsp3) is 0.267. The average Bonchev–Trinajstić information content (AvgIpc) is 2.35. The molecule has 2 rings (SSSR count). The zero-order valence-electron chi connectivity index (χ0n) is 10.9. The quantitative estimate of drug-likeness (QED) is 0.849. The van der Waals surface area contributed by atoms with E-state index in [1.54, 1.807) is 0 Å². The first-order valence-corrected chi connectivity index (χ1v) is 6.75. The van der Waals surface area contributed by atoms with Crippen molar-refractivity contribution < 1.29 is 0 Å². The summed E-state index contributed by atoms with van der Waals surface area (Å²) >= 11 is 3.61. The topological polar surface area (TPSA) is 16.1 Å². The van der Waals surface area contributed by atoms with Gasteiger partial charge in [0.2, 0.25) is 0 Å². The molecule has 0 N–H and O–H groups in total. The maximum atomic E-state index is 4.44. The standard InChI is InChI=1S/C15H17BrN2/c1-11-6-4-5-7-13(11)10-18(3)15-14(16)12(2)8-9-17-15/h4-9H,10H2,1-3H3. The molecule has 1 aromatic carbocycles. The Balaban J connectivity index is 2.25. The Labute approximate surface area is 117 Å². The van der Waals surface area contributed by atoms with Crippen molar-refractivity contribution in [2.45, 2.75) is 20.4 Å². The highest BCUT2D eigenvalue weighted by Gasteiger charge is 2.10. The van der Waals surface area contributed by atoms with Gasteiger partial charge in [-0.05, 0) is 52.5 Å². The van der Waals surface area contributed by atoms with Gasteiger partial charge in [0.25, 0.3) is 0 Å². The number of halogens is 1. The van der Waals surface area contributed by atoms with Gasteiger partial charge in [-0.3, -0.25) is 0 Å². The number of aryl methyl sites for hydroxylation is 2. The zero-order chi connectivity index (χ0) is 13.1. The summed E-state index contributed by atoms with van der Waals surface area (Å²) in [7, 11) is 2.07. The van der Waals surface area contributed by atoms with Gasteiger partial charge in [0, 0.05) is 19.8 Å². The maximum absolute atomic E-state index is 4.44. The molecule has 0 unspecified atom stereocenters. The molecular formula is C15H17BrN2. The van der Waals surface area contributed by atoms with Crippen LogP contribution in [0.3, 0.4) is 0 Å². The average molecular weight is 305 g/mol. The second-order valence-electron chi connectivity index (χ2n) is 4.55. The van der Waals surface area contributed by atoms with E-state index in [1.807, 2.05) is 12.3 Å². The number of pyridine rings is 1. The first-order chi connectivity index (χ1) is 8.59. The SMILES string of the molecule is Cc1ccccc1CN(C)c1nccc(C)c1Br. The van der Waals surface area contributed by atoms with Crippen molar-refractivity contribution in [1.82, 2.24) is 4.98 Å². The lowest BCUT2D eigenvalue weighted by Gasteiger charge is -2.21. The minimum atomic E-state index is 0.863. The highest BCUT2D eigenvalue weighted by Crippen LogP contribution is 2.27. The van der Waals surface area contributed by atoms with E-state index in [-0.39, 0.29) is 0 Å². The number of anilines is 1. The number of hydrogen-bond acceptors (Lipinski definition) is 2. The van der Waals surface area contributed by atoms with Crippen molar-refractivity contribution in [3.63, 3.8) is 0 Å². The third kappa shape index (κ3) is 2.72. The molecule has 1 heterocycles. The fourth-order valence-electron chi connectivity index (χ4n) is 1.91. The van der Waals surface area contributed by atoms with E-state index >= 15 is 0 Å². The van der Waals surface area contributed by atoms with E-state index in [0.717, 1.165) is 16.8 Å². The summed E-state index contributed by atoms with van der Waals surface area (Å²) in [6.45, 7) is 5.08. The molecule has 94 valence electrons. The van der Waals surface area contributed by atoms with Gasteiger partial charge in [0.15, 0.2) is 0 Å². The second-order valence-corrected chi connectivity index (χ2v) is 5.34. The smallest absolute Gasteiger partial charge is 0.143 e. The summed E-state index contributed by atoms with van der Waals surface area (Å²) in [5.41, 5.74) is 3.85. The summed E-state index contributed by atoms with van der Waals surface area (Å²) in [6, 6.07) is 10.5. The molecule has 0 aliphatic carbocycles. The number of rotatable bonds is 3. The Bertz CT molecular complexity index is 552. The highest BCUT2D eigenvalue weighted by molar-refractivity contribution is 9.10. The Morgan fingerprint density at radius 3 is 2.56 bits per heavy atom.